The molecule has 29 heavy (non-hydrogen) atoms. The largest absolute Gasteiger partial charge is 0.346 e. The van der Waals surface area contributed by atoms with Crippen LogP contribution in [0.2, 0.25) is 0 Å². The Balaban J connectivity index is 1.52. The highest BCUT2D eigenvalue weighted by molar-refractivity contribution is 7.98. The number of imidazole rings is 1. The van der Waals surface area contributed by atoms with Crippen LogP contribution in [0.5, 0.6) is 0 Å². The normalized spacial score (nSPS) is 13.4. The molecule has 0 spiro atoms. The maximum atomic E-state index is 13.0. The van der Waals surface area contributed by atoms with Gasteiger partial charge in [-0.25, -0.2) is 4.98 Å². The molecule has 1 amide bonds. The van der Waals surface area contributed by atoms with Crippen molar-refractivity contribution in [1.29, 1.82) is 0 Å². The summed E-state index contributed by atoms with van der Waals surface area (Å²) < 4.78 is 2.10. The Hall–Kier alpha value is -2.51. The van der Waals surface area contributed by atoms with Crippen molar-refractivity contribution in [2.45, 2.75) is 24.9 Å². The van der Waals surface area contributed by atoms with Crippen LogP contribution in [0.3, 0.4) is 0 Å². The number of carbonyl (C=O) groups excluding carboxylic acids is 1. The third kappa shape index (κ3) is 4.74. The highest BCUT2D eigenvalue weighted by Gasteiger charge is 2.22. The maximum absolute atomic E-state index is 13.0. The molecule has 0 radical (unpaired) electrons. The van der Waals surface area contributed by atoms with Crippen molar-refractivity contribution in [3.63, 3.8) is 0 Å². The molecular weight excluding hydrogens is 400 g/mol. The van der Waals surface area contributed by atoms with Crippen molar-refractivity contribution < 1.29 is 4.79 Å². The van der Waals surface area contributed by atoms with Crippen molar-refractivity contribution in [3.05, 3.63) is 77.0 Å². The number of para-hydroxylation sites is 2. The number of H-pyrrole nitrogens is 1. The van der Waals surface area contributed by atoms with Crippen LogP contribution in [0.1, 0.15) is 36.3 Å². The Bertz CT molecular complexity index is 973. The lowest BCUT2D eigenvalue weighted by atomic mass is 10.1. The van der Waals surface area contributed by atoms with Crippen LogP contribution in [0.15, 0.2) is 65.6 Å². The van der Waals surface area contributed by atoms with E-state index in [4.69, 9.17) is 4.98 Å². The molecule has 4 rings (SSSR count). The summed E-state index contributed by atoms with van der Waals surface area (Å²) in [6, 6.07) is 13.9. The second kappa shape index (κ2) is 9.33. The number of thioether (sulfide) groups is 1. The van der Waals surface area contributed by atoms with Gasteiger partial charge in [0.15, 0.2) is 0 Å². The van der Waals surface area contributed by atoms with Gasteiger partial charge in [-0.2, -0.15) is 23.1 Å². The van der Waals surface area contributed by atoms with Gasteiger partial charge in [0.2, 0.25) is 5.91 Å². The number of hydrogen-bond acceptors (Lipinski definition) is 4. The van der Waals surface area contributed by atoms with Crippen molar-refractivity contribution >= 4 is 40.0 Å². The number of aromatic nitrogens is 3. The Labute approximate surface area is 178 Å². The van der Waals surface area contributed by atoms with E-state index in [0.717, 1.165) is 34.6 Å². The lowest BCUT2D eigenvalue weighted by Gasteiger charge is -2.21. The van der Waals surface area contributed by atoms with Crippen LogP contribution in [-0.4, -0.2) is 32.5 Å². The van der Waals surface area contributed by atoms with Gasteiger partial charge in [-0.05, 0) is 65.1 Å². The molecule has 1 aromatic carbocycles. The molecule has 0 aliphatic carbocycles. The molecular formula is C22H24N4OS2. The molecule has 0 bridgehead atoms. The number of benzene rings is 1. The number of rotatable bonds is 9. The molecule has 3 heterocycles. The summed E-state index contributed by atoms with van der Waals surface area (Å²) in [5, 5.41) is 7.40. The van der Waals surface area contributed by atoms with Crippen molar-refractivity contribution in [2.75, 3.05) is 12.0 Å². The second-order valence-electron chi connectivity index (χ2n) is 6.95. The summed E-state index contributed by atoms with van der Waals surface area (Å²) in [6.45, 7) is 0. The number of thiophene rings is 1. The summed E-state index contributed by atoms with van der Waals surface area (Å²) in [5.74, 6) is 1.80. The zero-order valence-electron chi connectivity index (χ0n) is 16.2. The first kappa shape index (κ1) is 19.8. The predicted molar refractivity (Wildman–Crippen MR) is 121 cm³/mol. The van der Waals surface area contributed by atoms with E-state index in [0.29, 0.717) is 6.42 Å². The minimum absolute atomic E-state index is 0.00637. The summed E-state index contributed by atoms with van der Waals surface area (Å²) in [6.07, 6.45) is 7.33. The van der Waals surface area contributed by atoms with Crippen molar-refractivity contribution in [2.24, 2.45) is 0 Å². The standard InChI is InChI=1S/C22H24N4OS2/c1-28-12-9-19(22-24-17-6-2-3-7-18(17)25-22)23-21(27)14-20(16-8-13-29-15-16)26-10-4-5-11-26/h2-8,10-11,13,15,19-20H,9,12,14H2,1H3,(H,23,27)(H,24,25)/t19-,20+/m0/s1. The molecule has 0 saturated heterocycles. The van der Waals surface area contributed by atoms with Crippen molar-refractivity contribution in [1.82, 2.24) is 19.9 Å². The molecule has 0 saturated carbocycles. The Morgan fingerprint density at radius 1 is 1.24 bits per heavy atom. The van der Waals surface area contributed by atoms with Crippen LogP contribution in [0.4, 0.5) is 0 Å². The van der Waals surface area contributed by atoms with E-state index in [2.05, 4.69) is 38.0 Å². The quantitative estimate of drug-likeness (QED) is 0.397. The molecule has 0 unspecified atom stereocenters. The van der Waals surface area contributed by atoms with Gasteiger partial charge in [-0.3, -0.25) is 4.79 Å². The number of carbonyl (C=O) groups is 1. The van der Waals surface area contributed by atoms with Crippen LogP contribution in [-0.2, 0) is 4.79 Å². The van der Waals surface area contributed by atoms with E-state index in [-0.39, 0.29) is 18.0 Å². The van der Waals surface area contributed by atoms with E-state index in [9.17, 15) is 4.79 Å². The third-order valence-corrected chi connectivity index (χ3v) is 6.32. The van der Waals surface area contributed by atoms with Crippen LogP contribution >= 0.6 is 23.1 Å². The molecule has 5 nitrogen and oxygen atoms in total. The molecule has 0 aliphatic rings. The van der Waals surface area contributed by atoms with Crippen LogP contribution in [0, 0.1) is 0 Å². The van der Waals surface area contributed by atoms with E-state index in [1.807, 2.05) is 48.8 Å². The molecule has 2 atom stereocenters. The molecule has 0 aliphatic heterocycles. The first-order valence-electron chi connectivity index (χ1n) is 9.62. The zero-order chi connectivity index (χ0) is 20.1. The van der Waals surface area contributed by atoms with Gasteiger partial charge in [0.05, 0.1) is 29.5 Å². The van der Waals surface area contributed by atoms with Crippen LogP contribution < -0.4 is 5.32 Å². The molecule has 4 aromatic rings. The van der Waals surface area contributed by atoms with E-state index < -0.39 is 0 Å². The Morgan fingerprint density at radius 3 is 2.79 bits per heavy atom. The van der Waals surface area contributed by atoms with Crippen LogP contribution in [0.25, 0.3) is 11.0 Å². The van der Waals surface area contributed by atoms with Crippen molar-refractivity contribution in [3.8, 4) is 0 Å². The second-order valence-corrected chi connectivity index (χ2v) is 8.71. The number of nitrogens with zero attached hydrogens (tertiary/aromatic N) is 2. The van der Waals surface area contributed by atoms with Gasteiger partial charge < -0.3 is 14.9 Å². The fraction of sp³-hybridized carbons (Fsp3) is 0.273. The van der Waals surface area contributed by atoms with Gasteiger partial charge in [-0.1, -0.05) is 12.1 Å². The first-order valence-corrected chi connectivity index (χ1v) is 12.0. The van der Waals surface area contributed by atoms with E-state index >= 15 is 0 Å². The fourth-order valence-electron chi connectivity index (χ4n) is 3.49. The Kier molecular flexibility index (Phi) is 6.36. The fourth-order valence-corrected chi connectivity index (χ4v) is 4.67. The molecule has 150 valence electrons. The number of hydrogen-bond donors (Lipinski definition) is 2. The van der Waals surface area contributed by atoms with Gasteiger partial charge in [0.25, 0.3) is 0 Å². The van der Waals surface area contributed by atoms with E-state index in [1.54, 1.807) is 23.1 Å². The molecule has 3 aromatic heterocycles. The van der Waals surface area contributed by atoms with Gasteiger partial charge in [0, 0.05) is 12.4 Å². The van der Waals surface area contributed by atoms with Gasteiger partial charge in [0.1, 0.15) is 5.82 Å². The minimum Gasteiger partial charge on any atom is -0.346 e. The SMILES string of the molecule is CSCC[C@H](NC(=O)C[C@H](c1ccsc1)n1cccc1)c1nc2ccccc2[nH]1. The van der Waals surface area contributed by atoms with Gasteiger partial charge >= 0.3 is 0 Å². The molecule has 0 fully saturated rings. The average Bonchev–Trinajstić information content (AvgIpc) is 3.49. The lowest BCUT2D eigenvalue weighted by Crippen LogP contribution is -2.31. The molecule has 2 N–H and O–H groups in total. The number of nitrogens with one attached hydrogen (secondary N) is 2. The zero-order valence-corrected chi connectivity index (χ0v) is 17.9. The smallest absolute Gasteiger partial charge is 0.223 e. The summed E-state index contributed by atoms with van der Waals surface area (Å²) in [7, 11) is 0. The van der Waals surface area contributed by atoms with Gasteiger partial charge in [-0.15, -0.1) is 0 Å². The summed E-state index contributed by atoms with van der Waals surface area (Å²) >= 11 is 3.43. The Morgan fingerprint density at radius 2 is 2.07 bits per heavy atom. The van der Waals surface area contributed by atoms with E-state index in [1.165, 1.54) is 0 Å². The maximum Gasteiger partial charge on any atom is 0.223 e. The minimum atomic E-state index is -0.130. The summed E-state index contributed by atoms with van der Waals surface area (Å²) in [4.78, 5) is 21.1. The average molecular weight is 425 g/mol. The number of aromatic amines is 1. The monoisotopic (exact) mass is 424 g/mol. The topological polar surface area (TPSA) is 62.7 Å². The molecule has 7 heteroatoms. The predicted octanol–water partition coefficient (Wildman–Crippen LogP) is 5.02. The highest BCUT2D eigenvalue weighted by Crippen LogP contribution is 2.26. The highest BCUT2D eigenvalue weighted by atomic mass is 32.2. The lowest BCUT2D eigenvalue weighted by molar-refractivity contribution is -0.122. The first-order chi connectivity index (χ1) is 14.2. The number of fused-ring (bicyclic) bond motifs is 1. The number of amides is 1. The third-order valence-electron chi connectivity index (χ3n) is 4.98. The summed E-state index contributed by atoms with van der Waals surface area (Å²) in [5.41, 5.74) is 3.08.